The van der Waals surface area contributed by atoms with E-state index < -0.39 is 0 Å². The molecule has 0 radical (unpaired) electrons. The molecule has 1 aliphatic heterocycles. The maximum Gasteiger partial charge on any atom is 0.00675 e. The Hall–Kier alpha value is -0.0400. The SMILES string of the molecule is CCCCCCC[C@H]1CCCN1. The maximum absolute atomic E-state index is 3.55. The lowest BCUT2D eigenvalue weighted by Crippen LogP contribution is -2.20. The quantitative estimate of drug-likeness (QED) is 0.602. The Morgan fingerprint density at radius 1 is 1.17 bits per heavy atom. The molecule has 1 atom stereocenters. The van der Waals surface area contributed by atoms with E-state index in [0.717, 1.165) is 6.04 Å². The first-order valence-electron chi connectivity index (χ1n) is 5.67. The maximum atomic E-state index is 3.55. The summed E-state index contributed by atoms with van der Waals surface area (Å²) in [6.45, 7) is 3.54. The molecular formula is C11H23N. The van der Waals surface area contributed by atoms with Crippen LogP contribution in [-0.4, -0.2) is 12.6 Å². The fourth-order valence-electron chi connectivity index (χ4n) is 2.00. The monoisotopic (exact) mass is 169 g/mol. The van der Waals surface area contributed by atoms with Crippen molar-refractivity contribution in [1.29, 1.82) is 0 Å². The van der Waals surface area contributed by atoms with Crippen molar-refractivity contribution in [3.63, 3.8) is 0 Å². The fraction of sp³-hybridized carbons (Fsp3) is 1.00. The van der Waals surface area contributed by atoms with Crippen LogP contribution in [0.25, 0.3) is 0 Å². The van der Waals surface area contributed by atoms with Gasteiger partial charge in [0.15, 0.2) is 0 Å². The van der Waals surface area contributed by atoms with E-state index in [9.17, 15) is 0 Å². The van der Waals surface area contributed by atoms with Crippen LogP contribution in [0.15, 0.2) is 0 Å². The van der Waals surface area contributed by atoms with E-state index in [1.54, 1.807) is 0 Å². The van der Waals surface area contributed by atoms with Gasteiger partial charge in [0, 0.05) is 6.04 Å². The van der Waals surface area contributed by atoms with Gasteiger partial charge >= 0.3 is 0 Å². The summed E-state index contributed by atoms with van der Waals surface area (Å²) in [5, 5.41) is 3.55. The minimum Gasteiger partial charge on any atom is -0.314 e. The van der Waals surface area contributed by atoms with Crippen LogP contribution in [0.3, 0.4) is 0 Å². The van der Waals surface area contributed by atoms with E-state index in [0.29, 0.717) is 0 Å². The standard InChI is InChI=1S/C11H23N/c1-2-3-4-5-6-8-11-9-7-10-12-11/h11-12H,2-10H2,1H3/t11-/m0/s1. The van der Waals surface area contributed by atoms with Crippen molar-refractivity contribution in [2.24, 2.45) is 0 Å². The molecule has 1 aliphatic rings. The van der Waals surface area contributed by atoms with Crippen LogP contribution in [-0.2, 0) is 0 Å². The van der Waals surface area contributed by atoms with Gasteiger partial charge in [0.05, 0.1) is 0 Å². The van der Waals surface area contributed by atoms with E-state index in [1.165, 1.54) is 57.9 Å². The highest BCUT2D eigenvalue weighted by Crippen LogP contribution is 2.13. The lowest BCUT2D eigenvalue weighted by Gasteiger charge is -2.08. The minimum absolute atomic E-state index is 0.867. The minimum atomic E-state index is 0.867. The molecular weight excluding hydrogens is 146 g/mol. The summed E-state index contributed by atoms with van der Waals surface area (Å²) in [7, 11) is 0. The predicted octanol–water partition coefficient (Wildman–Crippen LogP) is 3.10. The summed E-state index contributed by atoms with van der Waals surface area (Å²) in [5.74, 6) is 0. The van der Waals surface area contributed by atoms with Crippen molar-refractivity contribution in [2.75, 3.05) is 6.54 Å². The second kappa shape index (κ2) is 6.47. The highest BCUT2D eigenvalue weighted by atomic mass is 14.9. The van der Waals surface area contributed by atoms with Gasteiger partial charge in [-0.15, -0.1) is 0 Å². The highest BCUT2D eigenvalue weighted by molar-refractivity contribution is 4.73. The van der Waals surface area contributed by atoms with Gasteiger partial charge in [0.25, 0.3) is 0 Å². The molecule has 1 nitrogen and oxygen atoms in total. The lowest BCUT2D eigenvalue weighted by molar-refractivity contribution is 0.508. The summed E-state index contributed by atoms with van der Waals surface area (Å²) in [6, 6.07) is 0.867. The first kappa shape index (κ1) is 10.0. The third-order valence-electron chi connectivity index (χ3n) is 2.82. The molecule has 0 saturated carbocycles. The number of rotatable bonds is 6. The Bertz CT molecular complexity index is 95.2. The summed E-state index contributed by atoms with van der Waals surface area (Å²) in [5.41, 5.74) is 0. The second-order valence-electron chi connectivity index (χ2n) is 4.00. The zero-order valence-electron chi connectivity index (χ0n) is 8.44. The summed E-state index contributed by atoms with van der Waals surface area (Å²) in [4.78, 5) is 0. The van der Waals surface area contributed by atoms with Crippen LogP contribution >= 0.6 is 0 Å². The third-order valence-corrected chi connectivity index (χ3v) is 2.82. The van der Waals surface area contributed by atoms with E-state index in [2.05, 4.69) is 12.2 Å². The zero-order valence-corrected chi connectivity index (χ0v) is 8.44. The average Bonchev–Trinajstić information content (AvgIpc) is 2.57. The van der Waals surface area contributed by atoms with Gasteiger partial charge in [-0.25, -0.2) is 0 Å². The molecule has 0 unspecified atom stereocenters. The Kier molecular flexibility index (Phi) is 5.42. The zero-order chi connectivity index (χ0) is 8.65. The Morgan fingerprint density at radius 3 is 2.67 bits per heavy atom. The average molecular weight is 169 g/mol. The van der Waals surface area contributed by atoms with Gasteiger partial charge in [-0.1, -0.05) is 39.0 Å². The van der Waals surface area contributed by atoms with E-state index >= 15 is 0 Å². The molecule has 12 heavy (non-hydrogen) atoms. The summed E-state index contributed by atoms with van der Waals surface area (Å²) < 4.78 is 0. The van der Waals surface area contributed by atoms with Crippen molar-refractivity contribution >= 4 is 0 Å². The molecule has 1 heteroatoms. The number of hydrogen-bond donors (Lipinski definition) is 1. The first-order valence-corrected chi connectivity index (χ1v) is 5.67. The van der Waals surface area contributed by atoms with Gasteiger partial charge in [0.2, 0.25) is 0 Å². The van der Waals surface area contributed by atoms with Crippen molar-refractivity contribution in [3.8, 4) is 0 Å². The molecule has 1 saturated heterocycles. The van der Waals surface area contributed by atoms with Gasteiger partial charge in [-0.2, -0.15) is 0 Å². The topological polar surface area (TPSA) is 12.0 Å². The molecule has 1 heterocycles. The Balaban J connectivity index is 1.81. The van der Waals surface area contributed by atoms with E-state index in [-0.39, 0.29) is 0 Å². The normalized spacial score (nSPS) is 23.2. The number of nitrogens with one attached hydrogen (secondary N) is 1. The number of unbranched alkanes of at least 4 members (excludes halogenated alkanes) is 4. The largest absolute Gasteiger partial charge is 0.314 e. The van der Waals surface area contributed by atoms with Crippen LogP contribution in [0.1, 0.15) is 58.3 Å². The summed E-state index contributed by atoms with van der Waals surface area (Å²) >= 11 is 0. The van der Waals surface area contributed by atoms with Gasteiger partial charge in [0.1, 0.15) is 0 Å². The van der Waals surface area contributed by atoms with Crippen LogP contribution in [0.4, 0.5) is 0 Å². The van der Waals surface area contributed by atoms with Crippen molar-refractivity contribution < 1.29 is 0 Å². The third kappa shape index (κ3) is 4.10. The van der Waals surface area contributed by atoms with Gasteiger partial charge in [-0.05, 0) is 25.8 Å². The molecule has 1 rings (SSSR count). The molecule has 0 aromatic carbocycles. The molecule has 1 N–H and O–H groups in total. The molecule has 0 aromatic rings. The molecule has 1 fully saturated rings. The number of hydrogen-bond acceptors (Lipinski definition) is 1. The highest BCUT2D eigenvalue weighted by Gasteiger charge is 2.12. The molecule has 0 aliphatic carbocycles. The first-order chi connectivity index (χ1) is 5.93. The van der Waals surface area contributed by atoms with Gasteiger partial charge in [-0.3, -0.25) is 0 Å². The second-order valence-corrected chi connectivity index (χ2v) is 4.00. The van der Waals surface area contributed by atoms with E-state index in [1.807, 2.05) is 0 Å². The predicted molar refractivity (Wildman–Crippen MR) is 54.4 cm³/mol. The summed E-state index contributed by atoms with van der Waals surface area (Å²) in [6.07, 6.45) is 11.4. The van der Waals surface area contributed by atoms with Crippen molar-refractivity contribution in [2.45, 2.75) is 64.3 Å². The van der Waals surface area contributed by atoms with Gasteiger partial charge < -0.3 is 5.32 Å². The Morgan fingerprint density at radius 2 is 2.00 bits per heavy atom. The van der Waals surface area contributed by atoms with Crippen LogP contribution in [0.2, 0.25) is 0 Å². The molecule has 72 valence electrons. The van der Waals surface area contributed by atoms with Crippen LogP contribution in [0.5, 0.6) is 0 Å². The molecule has 0 amide bonds. The lowest BCUT2D eigenvalue weighted by atomic mass is 10.1. The molecule has 0 aromatic heterocycles. The Labute approximate surface area is 76.9 Å². The van der Waals surface area contributed by atoms with Crippen LogP contribution in [0, 0.1) is 0 Å². The van der Waals surface area contributed by atoms with Crippen LogP contribution < -0.4 is 5.32 Å². The fourth-order valence-corrected chi connectivity index (χ4v) is 2.00. The molecule has 0 bridgehead atoms. The van der Waals surface area contributed by atoms with Crippen molar-refractivity contribution in [1.82, 2.24) is 5.32 Å². The molecule has 0 spiro atoms. The van der Waals surface area contributed by atoms with Crippen molar-refractivity contribution in [3.05, 3.63) is 0 Å². The smallest absolute Gasteiger partial charge is 0.00675 e. The van der Waals surface area contributed by atoms with E-state index in [4.69, 9.17) is 0 Å².